The molecule has 1 saturated heterocycles. The van der Waals surface area contributed by atoms with Crippen LogP contribution in [0.1, 0.15) is 38.7 Å². The molecule has 1 N–H and O–H groups in total. The van der Waals surface area contributed by atoms with E-state index < -0.39 is 5.69 Å². The lowest BCUT2D eigenvalue weighted by molar-refractivity contribution is -0.133. The predicted molar refractivity (Wildman–Crippen MR) is 143 cm³/mol. The Morgan fingerprint density at radius 3 is 2.27 bits per heavy atom. The fourth-order valence-corrected chi connectivity index (χ4v) is 4.70. The number of rotatable bonds is 11. The van der Waals surface area contributed by atoms with Crippen LogP contribution >= 0.6 is 0 Å². The number of H-pyrrole nitrogens is 1. The average molecular weight is 509 g/mol. The molecule has 2 aromatic carbocycles. The largest absolute Gasteiger partial charge is 0.490 e. The number of benzene rings is 2. The van der Waals surface area contributed by atoms with Gasteiger partial charge in [-0.1, -0.05) is 30.3 Å². The van der Waals surface area contributed by atoms with Crippen molar-refractivity contribution in [2.45, 2.75) is 46.2 Å². The number of nitrogens with zero attached hydrogens (tertiary/aromatic N) is 3. The fourth-order valence-electron chi connectivity index (χ4n) is 4.70. The van der Waals surface area contributed by atoms with Crippen molar-refractivity contribution in [3.05, 3.63) is 68.9 Å². The Morgan fingerprint density at radius 2 is 1.59 bits per heavy atom. The molecule has 1 amide bonds. The van der Waals surface area contributed by atoms with Crippen LogP contribution in [0.25, 0.3) is 10.9 Å². The molecular weight excluding hydrogens is 472 g/mol. The Morgan fingerprint density at radius 1 is 0.919 bits per heavy atom. The number of aromatic amines is 1. The van der Waals surface area contributed by atoms with E-state index in [0.29, 0.717) is 54.9 Å². The summed E-state index contributed by atoms with van der Waals surface area (Å²) >= 11 is 0. The number of carbonyl (C=O) groups excluding carboxylic acids is 1. The molecule has 3 aromatic rings. The zero-order valence-corrected chi connectivity index (χ0v) is 21.7. The van der Waals surface area contributed by atoms with Crippen molar-refractivity contribution in [1.82, 2.24) is 19.4 Å². The van der Waals surface area contributed by atoms with E-state index in [1.54, 1.807) is 12.1 Å². The Kier molecular flexibility index (Phi) is 9.00. The van der Waals surface area contributed by atoms with E-state index in [9.17, 15) is 14.4 Å². The highest BCUT2D eigenvalue weighted by Crippen LogP contribution is 2.30. The van der Waals surface area contributed by atoms with Gasteiger partial charge in [0, 0.05) is 51.8 Å². The van der Waals surface area contributed by atoms with Gasteiger partial charge in [-0.3, -0.25) is 19.1 Å². The lowest BCUT2D eigenvalue weighted by Crippen LogP contribution is -2.48. The van der Waals surface area contributed by atoms with Crippen molar-refractivity contribution in [3.63, 3.8) is 0 Å². The second-order valence-corrected chi connectivity index (χ2v) is 9.20. The highest BCUT2D eigenvalue weighted by atomic mass is 16.5. The van der Waals surface area contributed by atoms with Crippen molar-refractivity contribution in [2.75, 3.05) is 39.4 Å². The van der Waals surface area contributed by atoms with Gasteiger partial charge in [0.05, 0.1) is 24.1 Å². The number of hydrogen-bond donors (Lipinski definition) is 1. The molecule has 4 rings (SSSR count). The summed E-state index contributed by atoms with van der Waals surface area (Å²) in [5.41, 5.74) is 0.860. The monoisotopic (exact) mass is 508 g/mol. The van der Waals surface area contributed by atoms with Crippen molar-refractivity contribution in [2.24, 2.45) is 0 Å². The Labute approximate surface area is 216 Å². The number of unbranched alkanes of at least 4 members (excludes halogenated alkanes) is 1. The van der Waals surface area contributed by atoms with Crippen LogP contribution in [0.3, 0.4) is 0 Å². The third-order valence-electron chi connectivity index (χ3n) is 6.64. The molecule has 1 aromatic heterocycles. The number of piperazine rings is 1. The van der Waals surface area contributed by atoms with Gasteiger partial charge in [0.15, 0.2) is 11.5 Å². The highest BCUT2D eigenvalue weighted by Gasteiger charge is 2.21. The molecule has 1 aliphatic heterocycles. The number of aromatic nitrogens is 2. The zero-order chi connectivity index (χ0) is 26.2. The molecule has 0 unspecified atom stereocenters. The molecule has 37 heavy (non-hydrogen) atoms. The lowest BCUT2D eigenvalue weighted by atomic mass is 10.1. The number of ether oxygens (including phenoxy) is 2. The molecule has 1 fully saturated rings. The molecule has 9 heteroatoms. The van der Waals surface area contributed by atoms with Gasteiger partial charge in [-0.05, 0) is 38.3 Å². The molecule has 1 aliphatic rings. The van der Waals surface area contributed by atoms with Gasteiger partial charge in [-0.2, -0.15) is 0 Å². The van der Waals surface area contributed by atoms with E-state index >= 15 is 0 Å². The molecule has 0 bridgehead atoms. The summed E-state index contributed by atoms with van der Waals surface area (Å²) in [6.45, 7) is 8.90. The maximum Gasteiger partial charge on any atom is 0.328 e. The maximum absolute atomic E-state index is 13.1. The third-order valence-corrected chi connectivity index (χ3v) is 6.64. The average Bonchev–Trinajstić information content (AvgIpc) is 2.90. The molecule has 198 valence electrons. The van der Waals surface area contributed by atoms with Gasteiger partial charge in [-0.25, -0.2) is 4.79 Å². The van der Waals surface area contributed by atoms with E-state index in [-0.39, 0.29) is 18.0 Å². The number of nitrogens with one attached hydrogen (secondary N) is 1. The maximum atomic E-state index is 13.1. The minimum atomic E-state index is -0.468. The molecule has 9 nitrogen and oxygen atoms in total. The number of hydrogen-bond acceptors (Lipinski definition) is 6. The van der Waals surface area contributed by atoms with Gasteiger partial charge in [0.1, 0.15) is 0 Å². The summed E-state index contributed by atoms with van der Waals surface area (Å²) in [6, 6.07) is 13.6. The third kappa shape index (κ3) is 6.60. The van der Waals surface area contributed by atoms with E-state index in [4.69, 9.17) is 9.47 Å². The van der Waals surface area contributed by atoms with Crippen LogP contribution in [-0.4, -0.2) is 64.7 Å². The molecule has 0 radical (unpaired) electrons. The Balaban J connectivity index is 1.30. The van der Waals surface area contributed by atoms with Crippen LogP contribution < -0.4 is 20.7 Å². The quantitative estimate of drug-likeness (QED) is 0.400. The van der Waals surface area contributed by atoms with Gasteiger partial charge in [0.25, 0.3) is 5.56 Å². The smallest absolute Gasteiger partial charge is 0.328 e. The SMILES string of the molecule is CCOc1cc2[nH]c(=O)n(CCCCC(=O)N3CCN(Cc4ccccc4)CC3)c(=O)c2cc1OCC. The van der Waals surface area contributed by atoms with E-state index in [2.05, 4.69) is 22.0 Å². The van der Waals surface area contributed by atoms with Gasteiger partial charge in [-0.15, -0.1) is 0 Å². The number of carbonyl (C=O) groups is 1. The first kappa shape index (κ1) is 26.5. The second-order valence-electron chi connectivity index (χ2n) is 9.20. The minimum absolute atomic E-state index is 0.129. The normalized spacial score (nSPS) is 14.2. The lowest BCUT2D eigenvalue weighted by Gasteiger charge is -2.34. The van der Waals surface area contributed by atoms with E-state index in [0.717, 1.165) is 32.7 Å². The Bertz CT molecular complexity index is 1310. The molecule has 0 spiro atoms. The van der Waals surface area contributed by atoms with Crippen LogP contribution in [-0.2, 0) is 17.9 Å². The Hall–Kier alpha value is -3.59. The van der Waals surface area contributed by atoms with Crippen LogP contribution in [0.4, 0.5) is 0 Å². The standard InChI is InChI=1S/C28H36N4O5/c1-3-36-24-18-22-23(19-25(24)37-4-2)29-28(35)32(27(22)34)13-9-8-12-26(33)31-16-14-30(15-17-31)20-21-10-6-5-7-11-21/h5-7,10-11,18-19H,3-4,8-9,12-17,20H2,1-2H3,(H,29,35). The molecule has 0 aliphatic carbocycles. The second kappa shape index (κ2) is 12.6. The zero-order valence-electron chi connectivity index (χ0n) is 21.7. The predicted octanol–water partition coefficient (Wildman–Crippen LogP) is 3.00. The van der Waals surface area contributed by atoms with Crippen LogP contribution in [0, 0.1) is 0 Å². The first-order valence-corrected chi connectivity index (χ1v) is 13.1. The number of amides is 1. The van der Waals surface area contributed by atoms with Gasteiger partial charge < -0.3 is 19.4 Å². The van der Waals surface area contributed by atoms with Crippen LogP contribution in [0.2, 0.25) is 0 Å². The fraction of sp³-hybridized carbons (Fsp3) is 0.464. The minimum Gasteiger partial charge on any atom is -0.490 e. The van der Waals surface area contributed by atoms with E-state index in [1.807, 2.05) is 36.9 Å². The summed E-state index contributed by atoms with van der Waals surface area (Å²) < 4.78 is 12.4. The molecular formula is C28H36N4O5. The highest BCUT2D eigenvalue weighted by molar-refractivity contribution is 5.81. The summed E-state index contributed by atoms with van der Waals surface area (Å²) in [7, 11) is 0. The molecule has 0 saturated carbocycles. The van der Waals surface area contributed by atoms with Gasteiger partial charge >= 0.3 is 5.69 Å². The van der Waals surface area contributed by atoms with Crippen molar-refractivity contribution >= 4 is 16.8 Å². The summed E-state index contributed by atoms with van der Waals surface area (Å²) in [4.78, 5) is 45.5. The van der Waals surface area contributed by atoms with E-state index in [1.165, 1.54) is 10.1 Å². The first-order chi connectivity index (χ1) is 18.0. The van der Waals surface area contributed by atoms with Crippen LogP contribution in [0.5, 0.6) is 11.5 Å². The summed E-state index contributed by atoms with van der Waals surface area (Å²) in [5, 5.41) is 0.371. The van der Waals surface area contributed by atoms with Gasteiger partial charge in [0.2, 0.25) is 5.91 Å². The van der Waals surface area contributed by atoms with Crippen LogP contribution in [0.15, 0.2) is 52.1 Å². The summed E-state index contributed by atoms with van der Waals surface area (Å²) in [6.07, 6.45) is 1.58. The topological polar surface area (TPSA) is 96.9 Å². The van der Waals surface area contributed by atoms with Crippen molar-refractivity contribution < 1.29 is 14.3 Å². The molecule has 0 atom stereocenters. The van der Waals surface area contributed by atoms with Crippen molar-refractivity contribution in [1.29, 1.82) is 0 Å². The number of fused-ring (bicyclic) bond motifs is 1. The van der Waals surface area contributed by atoms with Crippen molar-refractivity contribution in [3.8, 4) is 11.5 Å². The molecule has 2 heterocycles. The first-order valence-electron chi connectivity index (χ1n) is 13.1. The summed E-state index contributed by atoms with van der Waals surface area (Å²) in [5.74, 6) is 1.09.